The van der Waals surface area contributed by atoms with Crippen LogP contribution in [-0.2, 0) is 7.05 Å². The maximum absolute atomic E-state index is 4.81. The number of H-pyrrole nitrogens is 1. The molecule has 0 amide bonds. The van der Waals surface area contributed by atoms with Gasteiger partial charge >= 0.3 is 0 Å². The van der Waals surface area contributed by atoms with E-state index >= 15 is 0 Å². The normalized spacial score (nSPS) is 11.1. The number of aromatic amines is 1. The lowest BCUT2D eigenvalue weighted by Crippen LogP contribution is -1.93. The van der Waals surface area contributed by atoms with Crippen molar-refractivity contribution in [3.05, 3.63) is 65.1 Å². The molecule has 0 aliphatic carbocycles. The monoisotopic (exact) mass is 357 g/mol. The Morgan fingerprint density at radius 2 is 1.63 bits per heavy atom. The lowest BCUT2D eigenvalue weighted by Gasteiger charge is -2.11. The standard InChI is InChI=1S/C22H23N5/c1-13-8-14(2)21(15(3)9-13)18-11-17(6-7-23-18)20-12-27(5)22(24-20)19-10-16(4)25-26-19/h6-12H,1-5H3,(H,25,26). The van der Waals surface area contributed by atoms with Gasteiger partial charge in [0.1, 0.15) is 5.69 Å². The average molecular weight is 357 g/mol. The highest BCUT2D eigenvalue weighted by Gasteiger charge is 2.14. The summed E-state index contributed by atoms with van der Waals surface area (Å²) in [6.45, 7) is 8.40. The molecule has 0 saturated carbocycles. The zero-order valence-corrected chi connectivity index (χ0v) is 16.3. The smallest absolute Gasteiger partial charge is 0.160 e. The van der Waals surface area contributed by atoms with Gasteiger partial charge in [0.2, 0.25) is 0 Å². The van der Waals surface area contributed by atoms with Crippen LogP contribution in [0.15, 0.2) is 42.7 Å². The van der Waals surface area contributed by atoms with Gasteiger partial charge in [0.25, 0.3) is 0 Å². The van der Waals surface area contributed by atoms with Gasteiger partial charge < -0.3 is 4.57 Å². The van der Waals surface area contributed by atoms with Gasteiger partial charge in [-0.25, -0.2) is 4.98 Å². The molecule has 0 spiro atoms. The highest BCUT2D eigenvalue weighted by Crippen LogP contribution is 2.30. The molecule has 0 aliphatic rings. The van der Waals surface area contributed by atoms with Crippen molar-refractivity contribution in [2.24, 2.45) is 7.05 Å². The summed E-state index contributed by atoms with van der Waals surface area (Å²) in [7, 11) is 1.99. The van der Waals surface area contributed by atoms with Crippen LogP contribution >= 0.6 is 0 Å². The molecule has 1 N–H and O–H groups in total. The summed E-state index contributed by atoms with van der Waals surface area (Å²) >= 11 is 0. The lowest BCUT2D eigenvalue weighted by atomic mass is 9.96. The first kappa shape index (κ1) is 17.2. The van der Waals surface area contributed by atoms with Crippen molar-refractivity contribution >= 4 is 0 Å². The number of aromatic nitrogens is 5. The molecule has 5 heteroatoms. The van der Waals surface area contributed by atoms with Gasteiger partial charge in [0.15, 0.2) is 5.82 Å². The van der Waals surface area contributed by atoms with Crippen molar-refractivity contribution in [1.82, 2.24) is 24.7 Å². The van der Waals surface area contributed by atoms with Gasteiger partial charge in [-0.15, -0.1) is 0 Å². The molecule has 0 fully saturated rings. The van der Waals surface area contributed by atoms with E-state index in [1.165, 1.54) is 22.3 Å². The van der Waals surface area contributed by atoms with Crippen molar-refractivity contribution in [2.75, 3.05) is 0 Å². The van der Waals surface area contributed by atoms with Crippen molar-refractivity contribution < 1.29 is 0 Å². The second kappa shape index (κ2) is 6.50. The van der Waals surface area contributed by atoms with Gasteiger partial charge in [-0.3, -0.25) is 10.1 Å². The van der Waals surface area contributed by atoms with E-state index in [1.807, 2.05) is 43.1 Å². The van der Waals surface area contributed by atoms with Crippen molar-refractivity contribution in [3.8, 4) is 34.0 Å². The van der Waals surface area contributed by atoms with Crippen LogP contribution < -0.4 is 0 Å². The molecule has 0 atom stereocenters. The SMILES string of the molecule is Cc1cc(C)c(-c2cc(-c3cn(C)c(-c4cc(C)[nH]n4)n3)ccn2)c(C)c1. The molecular formula is C22H23N5. The minimum Gasteiger partial charge on any atom is -0.332 e. The van der Waals surface area contributed by atoms with Crippen LogP contribution in [0.25, 0.3) is 34.0 Å². The lowest BCUT2D eigenvalue weighted by molar-refractivity contribution is 0.912. The second-order valence-corrected chi connectivity index (χ2v) is 7.20. The molecule has 0 bridgehead atoms. The fourth-order valence-corrected chi connectivity index (χ4v) is 3.69. The Hall–Kier alpha value is -3.21. The summed E-state index contributed by atoms with van der Waals surface area (Å²) < 4.78 is 2.01. The molecule has 0 unspecified atom stereocenters. The first-order chi connectivity index (χ1) is 12.9. The topological polar surface area (TPSA) is 59.4 Å². The molecule has 27 heavy (non-hydrogen) atoms. The number of imidazole rings is 1. The minimum absolute atomic E-state index is 0.843. The maximum Gasteiger partial charge on any atom is 0.160 e. The fourth-order valence-electron chi connectivity index (χ4n) is 3.69. The molecule has 1 aromatic carbocycles. The number of aryl methyl sites for hydroxylation is 5. The molecule has 4 rings (SSSR count). The summed E-state index contributed by atoms with van der Waals surface area (Å²) in [4.78, 5) is 9.44. The van der Waals surface area contributed by atoms with E-state index < -0.39 is 0 Å². The quantitative estimate of drug-likeness (QED) is 0.574. The molecule has 0 saturated heterocycles. The van der Waals surface area contributed by atoms with Crippen LogP contribution in [0.4, 0.5) is 0 Å². The molecule has 3 aromatic heterocycles. The number of pyridine rings is 1. The zero-order chi connectivity index (χ0) is 19.1. The van der Waals surface area contributed by atoms with Crippen molar-refractivity contribution in [3.63, 3.8) is 0 Å². The highest BCUT2D eigenvalue weighted by atomic mass is 15.2. The Kier molecular flexibility index (Phi) is 4.15. The maximum atomic E-state index is 4.81. The van der Waals surface area contributed by atoms with Gasteiger partial charge in [-0.05, 0) is 57.0 Å². The molecule has 5 nitrogen and oxygen atoms in total. The Morgan fingerprint density at radius 1 is 0.889 bits per heavy atom. The van der Waals surface area contributed by atoms with E-state index in [0.29, 0.717) is 0 Å². The summed E-state index contributed by atoms with van der Waals surface area (Å²) in [5.74, 6) is 0.843. The molecule has 0 aliphatic heterocycles. The van der Waals surface area contributed by atoms with Gasteiger partial charge in [-0.1, -0.05) is 17.7 Å². The number of nitrogens with zero attached hydrogens (tertiary/aromatic N) is 4. The van der Waals surface area contributed by atoms with Crippen LogP contribution in [0.1, 0.15) is 22.4 Å². The van der Waals surface area contributed by atoms with Gasteiger partial charge in [0.05, 0.1) is 11.4 Å². The van der Waals surface area contributed by atoms with Gasteiger partial charge in [-0.2, -0.15) is 5.10 Å². The first-order valence-corrected chi connectivity index (χ1v) is 9.03. The average Bonchev–Trinajstić information content (AvgIpc) is 3.20. The molecule has 136 valence electrons. The summed E-state index contributed by atoms with van der Waals surface area (Å²) in [5, 5.41) is 7.31. The van der Waals surface area contributed by atoms with E-state index in [4.69, 9.17) is 4.98 Å². The molecule has 3 heterocycles. The summed E-state index contributed by atoms with van der Waals surface area (Å²) in [6.07, 6.45) is 3.89. The number of benzene rings is 1. The van der Waals surface area contributed by atoms with E-state index in [0.717, 1.165) is 34.2 Å². The van der Waals surface area contributed by atoms with Crippen LogP contribution in [0, 0.1) is 27.7 Å². The van der Waals surface area contributed by atoms with Crippen molar-refractivity contribution in [2.45, 2.75) is 27.7 Å². The molecule has 4 aromatic rings. The van der Waals surface area contributed by atoms with Crippen LogP contribution in [0.5, 0.6) is 0 Å². The van der Waals surface area contributed by atoms with Crippen molar-refractivity contribution in [1.29, 1.82) is 0 Å². The number of rotatable bonds is 3. The Labute approximate surface area is 159 Å². The third-order valence-corrected chi connectivity index (χ3v) is 4.80. The van der Waals surface area contributed by atoms with Gasteiger partial charge in [0, 0.05) is 36.3 Å². The van der Waals surface area contributed by atoms with Crippen LogP contribution in [0.2, 0.25) is 0 Å². The minimum atomic E-state index is 0.843. The largest absolute Gasteiger partial charge is 0.332 e. The first-order valence-electron chi connectivity index (χ1n) is 9.03. The van der Waals surface area contributed by atoms with E-state index in [2.05, 4.69) is 54.2 Å². The Balaban J connectivity index is 1.78. The van der Waals surface area contributed by atoms with Crippen LogP contribution in [0.3, 0.4) is 0 Å². The zero-order valence-electron chi connectivity index (χ0n) is 16.3. The van der Waals surface area contributed by atoms with E-state index in [-0.39, 0.29) is 0 Å². The summed E-state index contributed by atoms with van der Waals surface area (Å²) in [5.41, 5.74) is 9.76. The fraction of sp³-hybridized carbons (Fsp3) is 0.227. The Bertz CT molecular complexity index is 1110. The highest BCUT2D eigenvalue weighted by molar-refractivity contribution is 5.73. The number of hydrogen-bond donors (Lipinski definition) is 1. The molecule has 0 radical (unpaired) electrons. The number of hydrogen-bond acceptors (Lipinski definition) is 3. The number of nitrogens with one attached hydrogen (secondary N) is 1. The van der Waals surface area contributed by atoms with E-state index in [9.17, 15) is 0 Å². The van der Waals surface area contributed by atoms with E-state index in [1.54, 1.807) is 0 Å². The summed E-state index contributed by atoms with van der Waals surface area (Å²) in [6, 6.07) is 10.5. The third-order valence-electron chi connectivity index (χ3n) is 4.80. The predicted octanol–water partition coefficient (Wildman–Crippen LogP) is 4.77. The Morgan fingerprint density at radius 3 is 2.30 bits per heavy atom. The van der Waals surface area contributed by atoms with Crippen LogP contribution in [-0.4, -0.2) is 24.7 Å². The third kappa shape index (κ3) is 3.16. The second-order valence-electron chi connectivity index (χ2n) is 7.20. The molecular weight excluding hydrogens is 334 g/mol. The predicted molar refractivity (Wildman–Crippen MR) is 108 cm³/mol.